The molecule has 1 atom stereocenters. The Kier molecular flexibility index (Phi) is 5.65. The van der Waals surface area contributed by atoms with Gasteiger partial charge in [-0.3, -0.25) is 4.79 Å². The molecular formula is C22H28N4O3. The molecule has 1 saturated carbocycles. The Morgan fingerprint density at radius 1 is 1.14 bits per heavy atom. The molecule has 0 bridgehead atoms. The largest absolute Gasteiger partial charge is 0.493 e. The lowest BCUT2D eigenvalue weighted by molar-refractivity contribution is 0.0705. The quantitative estimate of drug-likeness (QED) is 0.745. The van der Waals surface area contributed by atoms with E-state index in [9.17, 15) is 4.79 Å². The Balaban J connectivity index is 1.39. The average Bonchev–Trinajstić information content (AvgIpc) is 3.60. The lowest BCUT2D eigenvalue weighted by Gasteiger charge is -2.31. The van der Waals surface area contributed by atoms with Crippen LogP contribution in [0, 0.1) is 12.8 Å². The molecule has 2 aliphatic rings. The van der Waals surface area contributed by atoms with E-state index in [-0.39, 0.29) is 12.0 Å². The van der Waals surface area contributed by atoms with Crippen LogP contribution in [0.15, 0.2) is 24.4 Å². The molecule has 7 nitrogen and oxygen atoms in total. The molecule has 0 unspecified atom stereocenters. The van der Waals surface area contributed by atoms with Crippen molar-refractivity contribution in [2.75, 3.05) is 20.2 Å². The minimum Gasteiger partial charge on any atom is -0.493 e. The van der Waals surface area contributed by atoms with Crippen molar-refractivity contribution >= 4 is 5.91 Å². The summed E-state index contributed by atoms with van der Waals surface area (Å²) in [5.41, 5.74) is 2.32. The summed E-state index contributed by atoms with van der Waals surface area (Å²) in [4.78, 5) is 19.2. The monoisotopic (exact) mass is 396 g/mol. The van der Waals surface area contributed by atoms with E-state index in [0.29, 0.717) is 42.1 Å². The van der Waals surface area contributed by atoms with E-state index in [1.807, 2.05) is 24.0 Å². The van der Waals surface area contributed by atoms with Crippen molar-refractivity contribution in [1.29, 1.82) is 0 Å². The number of ether oxygens (including phenoxy) is 2. The fourth-order valence-electron chi connectivity index (χ4n) is 3.82. The van der Waals surface area contributed by atoms with Crippen LogP contribution < -0.4 is 9.47 Å². The average molecular weight is 396 g/mol. The van der Waals surface area contributed by atoms with Gasteiger partial charge in [-0.05, 0) is 57.6 Å². The summed E-state index contributed by atoms with van der Waals surface area (Å²) in [6.07, 6.45) is 5.91. The summed E-state index contributed by atoms with van der Waals surface area (Å²) < 4.78 is 11.4. The minimum atomic E-state index is -0.0708. The molecule has 1 amide bonds. The van der Waals surface area contributed by atoms with E-state index in [1.165, 1.54) is 12.8 Å². The third-order valence-electron chi connectivity index (χ3n) is 5.89. The van der Waals surface area contributed by atoms with Crippen molar-refractivity contribution in [3.63, 3.8) is 0 Å². The van der Waals surface area contributed by atoms with Gasteiger partial charge in [0.05, 0.1) is 30.8 Å². The smallest absolute Gasteiger partial charge is 0.272 e. The SMILES string of the molecule is COc1cc(C(=O)N2CCC(c3ccc(C)nn3)CC2)ncc1O[C@@H](C)C1CC1. The maximum atomic E-state index is 12.9. The molecule has 1 aliphatic carbocycles. The third kappa shape index (κ3) is 4.49. The predicted molar refractivity (Wildman–Crippen MR) is 108 cm³/mol. The summed E-state index contributed by atoms with van der Waals surface area (Å²) >= 11 is 0. The second-order valence-corrected chi connectivity index (χ2v) is 8.05. The third-order valence-corrected chi connectivity index (χ3v) is 5.89. The normalized spacial score (nSPS) is 18.4. The van der Waals surface area contributed by atoms with Crippen LogP contribution >= 0.6 is 0 Å². The highest BCUT2D eigenvalue weighted by atomic mass is 16.5. The van der Waals surface area contributed by atoms with Crippen LogP contribution in [-0.2, 0) is 0 Å². The molecule has 3 heterocycles. The van der Waals surface area contributed by atoms with Crippen molar-refractivity contribution in [2.45, 2.75) is 51.6 Å². The number of methoxy groups -OCH3 is 1. The first-order chi connectivity index (χ1) is 14.0. The number of nitrogens with zero attached hydrogens (tertiary/aromatic N) is 4. The van der Waals surface area contributed by atoms with Crippen LogP contribution in [0.2, 0.25) is 0 Å². The van der Waals surface area contributed by atoms with Crippen LogP contribution in [0.1, 0.15) is 60.4 Å². The van der Waals surface area contributed by atoms with Crippen LogP contribution in [0.3, 0.4) is 0 Å². The molecule has 2 fully saturated rings. The zero-order valence-corrected chi connectivity index (χ0v) is 17.3. The van der Waals surface area contributed by atoms with Crippen LogP contribution in [0.25, 0.3) is 0 Å². The highest BCUT2D eigenvalue weighted by molar-refractivity contribution is 5.93. The number of hydrogen-bond acceptors (Lipinski definition) is 6. The van der Waals surface area contributed by atoms with Gasteiger partial charge in [0.25, 0.3) is 5.91 Å². The van der Waals surface area contributed by atoms with Gasteiger partial charge in [0.1, 0.15) is 5.69 Å². The first-order valence-electron chi connectivity index (χ1n) is 10.4. The Bertz CT molecular complexity index is 859. The lowest BCUT2D eigenvalue weighted by atomic mass is 9.93. The fraction of sp³-hybridized carbons (Fsp3) is 0.545. The molecule has 154 valence electrons. The summed E-state index contributed by atoms with van der Waals surface area (Å²) in [5, 5.41) is 8.46. The molecule has 2 aromatic rings. The number of aryl methyl sites for hydroxylation is 1. The van der Waals surface area contributed by atoms with Gasteiger partial charge < -0.3 is 14.4 Å². The molecule has 7 heteroatoms. The Hall–Kier alpha value is -2.70. The van der Waals surface area contributed by atoms with Crippen LogP contribution in [-0.4, -0.2) is 52.3 Å². The number of amides is 1. The zero-order valence-electron chi connectivity index (χ0n) is 17.3. The Morgan fingerprint density at radius 2 is 1.90 bits per heavy atom. The highest BCUT2D eigenvalue weighted by Gasteiger charge is 2.31. The van der Waals surface area contributed by atoms with Gasteiger partial charge in [0.15, 0.2) is 11.5 Å². The van der Waals surface area contributed by atoms with E-state index in [2.05, 4.69) is 22.1 Å². The second kappa shape index (κ2) is 8.35. The van der Waals surface area contributed by atoms with Gasteiger partial charge >= 0.3 is 0 Å². The highest BCUT2D eigenvalue weighted by Crippen LogP contribution is 2.37. The van der Waals surface area contributed by atoms with Gasteiger partial charge in [-0.15, -0.1) is 0 Å². The number of piperidine rings is 1. The number of pyridine rings is 1. The van der Waals surface area contributed by atoms with Crippen molar-refractivity contribution in [2.24, 2.45) is 5.92 Å². The molecule has 1 aliphatic heterocycles. The standard InChI is InChI=1S/C22H28N4O3/c1-14-4-7-18(25-24-14)17-8-10-26(11-9-17)22(27)19-12-20(28-3)21(13-23-19)29-15(2)16-5-6-16/h4,7,12-13,15-17H,5-6,8-11H2,1-3H3/t15-/m0/s1. The van der Waals surface area contributed by atoms with Gasteiger partial charge in [-0.2, -0.15) is 10.2 Å². The van der Waals surface area contributed by atoms with Gasteiger partial charge in [-0.25, -0.2) is 4.98 Å². The van der Waals surface area contributed by atoms with Gasteiger partial charge in [0.2, 0.25) is 0 Å². The summed E-state index contributed by atoms with van der Waals surface area (Å²) in [7, 11) is 1.59. The van der Waals surface area contributed by atoms with Crippen molar-refractivity contribution < 1.29 is 14.3 Å². The molecular weight excluding hydrogens is 368 g/mol. The van der Waals surface area contributed by atoms with E-state index >= 15 is 0 Å². The summed E-state index contributed by atoms with van der Waals surface area (Å²) in [6, 6.07) is 5.72. The summed E-state index contributed by atoms with van der Waals surface area (Å²) in [6.45, 7) is 5.36. The number of rotatable bonds is 6. The summed E-state index contributed by atoms with van der Waals surface area (Å²) in [5.74, 6) is 2.04. The molecule has 0 N–H and O–H groups in total. The Morgan fingerprint density at radius 3 is 2.52 bits per heavy atom. The lowest BCUT2D eigenvalue weighted by Crippen LogP contribution is -2.38. The number of likely N-dealkylation sites (tertiary alicyclic amines) is 1. The molecule has 0 aromatic carbocycles. The van der Waals surface area contributed by atoms with Gasteiger partial charge in [0, 0.05) is 25.1 Å². The fourth-order valence-corrected chi connectivity index (χ4v) is 3.82. The molecule has 0 spiro atoms. The number of hydrogen-bond donors (Lipinski definition) is 0. The second-order valence-electron chi connectivity index (χ2n) is 8.05. The Labute approximate surface area is 171 Å². The molecule has 4 rings (SSSR count). The van der Waals surface area contributed by atoms with Crippen molar-refractivity contribution in [3.8, 4) is 11.5 Å². The number of carbonyl (C=O) groups excluding carboxylic acids is 1. The van der Waals surface area contributed by atoms with Crippen LogP contribution in [0.4, 0.5) is 0 Å². The molecule has 29 heavy (non-hydrogen) atoms. The predicted octanol–water partition coefficient (Wildman–Crippen LogP) is 3.39. The molecule has 0 radical (unpaired) electrons. The van der Waals surface area contributed by atoms with Crippen LogP contribution in [0.5, 0.6) is 11.5 Å². The van der Waals surface area contributed by atoms with E-state index < -0.39 is 0 Å². The van der Waals surface area contributed by atoms with Gasteiger partial charge in [-0.1, -0.05) is 0 Å². The van der Waals surface area contributed by atoms with Crippen molar-refractivity contribution in [3.05, 3.63) is 41.5 Å². The molecule has 1 saturated heterocycles. The first kappa shape index (κ1) is 19.6. The topological polar surface area (TPSA) is 77.4 Å². The minimum absolute atomic E-state index is 0.0708. The van der Waals surface area contributed by atoms with E-state index in [4.69, 9.17) is 9.47 Å². The maximum absolute atomic E-state index is 12.9. The first-order valence-corrected chi connectivity index (χ1v) is 10.4. The maximum Gasteiger partial charge on any atom is 0.272 e. The van der Waals surface area contributed by atoms with Crippen molar-refractivity contribution in [1.82, 2.24) is 20.1 Å². The number of carbonyl (C=O) groups is 1. The number of aromatic nitrogens is 3. The van der Waals surface area contributed by atoms with E-state index in [1.54, 1.807) is 19.4 Å². The zero-order chi connectivity index (χ0) is 20.4. The molecule has 2 aromatic heterocycles. The van der Waals surface area contributed by atoms with E-state index in [0.717, 1.165) is 24.2 Å².